The molecule has 1 saturated heterocycles. The molecule has 22 heavy (non-hydrogen) atoms. The molecule has 1 fully saturated rings. The summed E-state index contributed by atoms with van der Waals surface area (Å²) in [4.78, 5) is 18.1. The molecule has 3 rings (SSSR count). The van der Waals surface area contributed by atoms with Crippen LogP contribution >= 0.6 is 0 Å². The second-order valence-electron chi connectivity index (χ2n) is 5.72. The maximum atomic E-state index is 11.2. The van der Waals surface area contributed by atoms with E-state index in [2.05, 4.69) is 21.3 Å². The van der Waals surface area contributed by atoms with Crippen LogP contribution in [0.25, 0.3) is 10.9 Å². The van der Waals surface area contributed by atoms with E-state index in [-0.39, 0.29) is 12.1 Å². The quantitative estimate of drug-likeness (QED) is 0.946. The highest BCUT2D eigenvalue weighted by Crippen LogP contribution is 2.33. The monoisotopic (exact) mass is 299 g/mol. The van der Waals surface area contributed by atoms with E-state index in [0.717, 1.165) is 47.4 Å². The number of carbonyl (C=O) groups is 1. The molecule has 5 heteroatoms. The number of methoxy groups -OCH3 is 1. The highest BCUT2D eigenvalue weighted by molar-refractivity contribution is 5.97. The van der Waals surface area contributed by atoms with E-state index in [9.17, 15) is 4.79 Å². The van der Waals surface area contributed by atoms with Crippen molar-refractivity contribution in [3.63, 3.8) is 0 Å². The average molecular weight is 299 g/mol. The summed E-state index contributed by atoms with van der Waals surface area (Å²) in [6, 6.07) is 7.97. The molecule has 1 amide bonds. The summed E-state index contributed by atoms with van der Waals surface area (Å²) in [6.45, 7) is 4.49. The lowest BCUT2D eigenvalue weighted by Crippen LogP contribution is -2.30. The number of fused-ring (bicyclic) bond motifs is 1. The van der Waals surface area contributed by atoms with Gasteiger partial charge in [0.05, 0.1) is 5.52 Å². The molecule has 5 nitrogen and oxygen atoms in total. The molecule has 0 bridgehead atoms. The predicted octanol–water partition coefficient (Wildman–Crippen LogP) is 3.07. The molecule has 1 aromatic heterocycles. The number of benzene rings is 1. The van der Waals surface area contributed by atoms with E-state index in [4.69, 9.17) is 4.74 Å². The molecule has 1 aliphatic rings. The first-order chi connectivity index (χ1) is 10.6. The Morgan fingerprint density at radius 3 is 2.95 bits per heavy atom. The minimum atomic E-state index is -0.0776. The molecule has 1 unspecified atom stereocenters. The van der Waals surface area contributed by atoms with Gasteiger partial charge in [-0.2, -0.15) is 0 Å². The Labute approximate surface area is 130 Å². The first kappa shape index (κ1) is 14.8. The number of amides is 1. The summed E-state index contributed by atoms with van der Waals surface area (Å²) >= 11 is 0. The van der Waals surface area contributed by atoms with Crippen molar-refractivity contribution in [3.8, 4) is 0 Å². The third-order valence-electron chi connectivity index (χ3n) is 4.02. The summed E-state index contributed by atoms with van der Waals surface area (Å²) < 4.78 is 5.59. The Bertz CT molecular complexity index is 714. The van der Waals surface area contributed by atoms with Crippen LogP contribution in [0.2, 0.25) is 0 Å². The minimum Gasteiger partial charge on any atom is -0.362 e. The van der Waals surface area contributed by atoms with Gasteiger partial charge in [-0.05, 0) is 44.0 Å². The van der Waals surface area contributed by atoms with Gasteiger partial charge in [0, 0.05) is 43.0 Å². The molecule has 1 aliphatic heterocycles. The minimum absolute atomic E-state index is 0.0776. The predicted molar refractivity (Wildman–Crippen MR) is 88.2 cm³/mol. The molecule has 1 atom stereocenters. The normalized spacial score (nSPS) is 18.0. The maximum absolute atomic E-state index is 11.2. The first-order valence-corrected chi connectivity index (χ1v) is 7.57. The van der Waals surface area contributed by atoms with Crippen LogP contribution in [0.15, 0.2) is 24.3 Å². The van der Waals surface area contributed by atoms with Crippen LogP contribution in [0.1, 0.15) is 25.5 Å². The molecular formula is C17H21N3O2. The number of pyridine rings is 1. The van der Waals surface area contributed by atoms with Crippen molar-refractivity contribution in [1.82, 2.24) is 4.98 Å². The van der Waals surface area contributed by atoms with Gasteiger partial charge < -0.3 is 15.0 Å². The van der Waals surface area contributed by atoms with E-state index < -0.39 is 0 Å². The number of nitrogens with one attached hydrogen (secondary N) is 1. The van der Waals surface area contributed by atoms with Crippen LogP contribution in [0.3, 0.4) is 0 Å². The molecule has 0 radical (unpaired) electrons. The molecule has 0 spiro atoms. The van der Waals surface area contributed by atoms with Gasteiger partial charge in [0.1, 0.15) is 6.23 Å². The highest BCUT2D eigenvalue weighted by atomic mass is 16.5. The molecule has 0 saturated carbocycles. The van der Waals surface area contributed by atoms with Gasteiger partial charge in [0.25, 0.3) is 0 Å². The molecule has 0 aliphatic carbocycles. The van der Waals surface area contributed by atoms with E-state index in [1.165, 1.54) is 6.92 Å². The van der Waals surface area contributed by atoms with Crippen molar-refractivity contribution in [2.75, 3.05) is 23.9 Å². The number of carbonyl (C=O) groups excluding carboxylic acids is 1. The lowest BCUT2D eigenvalue weighted by Gasteiger charge is -2.27. The number of ether oxygens (including phenoxy) is 1. The smallest absolute Gasteiger partial charge is 0.221 e. The van der Waals surface area contributed by atoms with E-state index >= 15 is 0 Å². The van der Waals surface area contributed by atoms with Crippen molar-refractivity contribution in [1.29, 1.82) is 0 Å². The lowest BCUT2D eigenvalue weighted by atomic mass is 10.1. The van der Waals surface area contributed by atoms with Crippen molar-refractivity contribution < 1.29 is 9.53 Å². The number of aromatic nitrogens is 1. The number of hydrogen-bond acceptors (Lipinski definition) is 4. The third kappa shape index (κ3) is 2.76. The Balaban J connectivity index is 2.08. The average Bonchev–Trinajstić information content (AvgIpc) is 2.93. The Morgan fingerprint density at radius 1 is 1.41 bits per heavy atom. The van der Waals surface area contributed by atoms with Crippen LogP contribution in [-0.2, 0) is 9.53 Å². The van der Waals surface area contributed by atoms with Gasteiger partial charge in [-0.3, -0.25) is 9.78 Å². The second-order valence-corrected chi connectivity index (χ2v) is 5.72. The summed E-state index contributed by atoms with van der Waals surface area (Å²) in [6.07, 6.45) is 2.30. The number of aryl methyl sites for hydroxylation is 1. The van der Waals surface area contributed by atoms with Crippen molar-refractivity contribution >= 4 is 28.2 Å². The largest absolute Gasteiger partial charge is 0.362 e. The molecule has 1 aromatic carbocycles. The molecule has 2 heterocycles. The first-order valence-electron chi connectivity index (χ1n) is 7.57. The van der Waals surface area contributed by atoms with Crippen LogP contribution in [-0.4, -0.2) is 30.8 Å². The molecule has 1 N–H and O–H groups in total. The van der Waals surface area contributed by atoms with E-state index in [0.29, 0.717) is 0 Å². The van der Waals surface area contributed by atoms with Crippen molar-refractivity contribution in [2.45, 2.75) is 32.9 Å². The SMILES string of the molecule is COC1CCCN1c1cc(C)nc2cc(NC(C)=O)ccc12. The summed E-state index contributed by atoms with van der Waals surface area (Å²) in [5.41, 5.74) is 3.78. The van der Waals surface area contributed by atoms with Crippen molar-refractivity contribution in [3.05, 3.63) is 30.0 Å². The fourth-order valence-corrected chi connectivity index (χ4v) is 3.11. The highest BCUT2D eigenvalue weighted by Gasteiger charge is 2.26. The van der Waals surface area contributed by atoms with Gasteiger partial charge >= 0.3 is 0 Å². The van der Waals surface area contributed by atoms with Gasteiger partial charge in [0.15, 0.2) is 0 Å². The van der Waals surface area contributed by atoms with Gasteiger partial charge in [-0.25, -0.2) is 0 Å². The Kier molecular flexibility index (Phi) is 3.98. The van der Waals surface area contributed by atoms with Crippen LogP contribution < -0.4 is 10.2 Å². The number of rotatable bonds is 3. The second kappa shape index (κ2) is 5.93. The van der Waals surface area contributed by atoms with Gasteiger partial charge in [0.2, 0.25) is 5.91 Å². The summed E-state index contributed by atoms with van der Waals surface area (Å²) in [5, 5.41) is 3.89. The summed E-state index contributed by atoms with van der Waals surface area (Å²) in [5.74, 6) is -0.0776. The zero-order valence-corrected chi connectivity index (χ0v) is 13.2. The number of nitrogens with zero attached hydrogens (tertiary/aromatic N) is 2. The van der Waals surface area contributed by atoms with Crippen molar-refractivity contribution in [2.24, 2.45) is 0 Å². The lowest BCUT2D eigenvalue weighted by molar-refractivity contribution is -0.114. The van der Waals surface area contributed by atoms with Gasteiger partial charge in [-0.15, -0.1) is 0 Å². The van der Waals surface area contributed by atoms with Crippen LogP contribution in [0, 0.1) is 6.92 Å². The molecule has 116 valence electrons. The fraction of sp³-hybridized carbons (Fsp3) is 0.412. The standard InChI is InChI=1S/C17H21N3O2/c1-11-9-16(20-8-4-5-17(20)22-3)14-7-6-13(19-12(2)21)10-15(14)18-11/h6-7,9-10,17H,4-5,8H2,1-3H3,(H,19,21). The summed E-state index contributed by atoms with van der Waals surface area (Å²) in [7, 11) is 1.76. The maximum Gasteiger partial charge on any atom is 0.221 e. The van der Waals surface area contributed by atoms with Gasteiger partial charge in [-0.1, -0.05) is 0 Å². The zero-order chi connectivity index (χ0) is 15.7. The van der Waals surface area contributed by atoms with E-state index in [1.54, 1.807) is 7.11 Å². The number of anilines is 2. The Morgan fingerprint density at radius 2 is 2.23 bits per heavy atom. The topological polar surface area (TPSA) is 54.5 Å². The Hall–Kier alpha value is -2.14. The zero-order valence-electron chi connectivity index (χ0n) is 13.2. The molecule has 2 aromatic rings. The number of hydrogen-bond donors (Lipinski definition) is 1. The fourth-order valence-electron chi connectivity index (χ4n) is 3.11. The van der Waals surface area contributed by atoms with Crippen LogP contribution in [0.5, 0.6) is 0 Å². The molecular weight excluding hydrogens is 278 g/mol. The van der Waals surface area contributed by atoms with Crippen LogP contribution in [0.4, 0.5) is 11.4 Å². The third-order valence-corrected chi connectivity index (χ3v) is 4.02. The van der Waals surface area contributed by atoms with E-state index in [1.807, 2.05) is 25.1 Å².